The molecule has 1 heterocycles. The lowest BCUT2D eigenvalue weighted by atomic mass is 10.1. The zero-order chi connectivity index (χ0) is 14.0. The number of hydrogen-bond acceptors (Lipinski definition) is 2. The number of nitrogens with one attached hydrogen (secondary N) is 1. The summed E-state index contributed by atoms with van der Waals surface area (Å²) in [5, 5.41) is 3.84. The van der Waals surface area contributed by atoms with Crippen molar-refractivity contribution in [2.75, 3.05) is 5.32 Å². The van der Waals surface area contributed by atoms with Crippen LogP contribution in [0.4, 0.5) is 5.69 Å². The smallest absolute Gasteiger partial charge is 0.255 e. The normalized spacial score (nSPS) is 10.3. The highest BCUT2D eigenvalue weighted by molar-refractivity contribution is 6.31. The van der Waals surface area contributed by atoms with Crippen molar-refractivity contribution in [1.82, 2.24) is 4.98 Å². The molecule has 0 unspecified atom stereocenters. The van der Waals surface area contributed by atoms with Crippen LogP contribution in [-0.2, 0) is 0 Å². The van der Waals surface area contributed by atoms with Gasteiger partial charge in [0.2, 0.25) is 0 Å². The molecule has 0 aliphatic carbocycles. The Kier molecular flexibility index (Phi) is 4.08. The number of anilines is 1. The molecule has 2 aromatic rings. The Morgan fingerprint density at radius 3 is 2.53 bits per heavy atom. The molecule has 0 saturated carbocycles. The molecule has 98 valence electrons. The van der Waals surface area contributed by atoms with Gasteiger partial charge in [0.25, 0.3) is 5.91 Å². The van der Waals surface area contributed by atoms with Gasteiger partial charge in [0, 0.05) is 10.6 Å². The number of carbonyl (C=O) groups is 1. The number of aromatic nitrogens is 1. The monoisotopic (exact) mass is 294 g/mol. The number of carbonyl (C=O) groups excluding carboxylic acids is 1. The highest BCUT2D eigenvalue weighted by Crippen LogP contribution is 2.19. The molecule has 1 aromatic carbocycles. The summed E-state index contributed by atoms with van der Waals surface area (Å²) in [6, 6.07) is 8.50. The molecule has 5 heteroatoms. The average Bonchev–Trinajstić information content (AvgIpc) is 2.36. The second kappa shape index (κ2) is 5.59. The Hall–Kier alpha value is -1.58. The van der Waals surface area contributed by atoms with Gasteiger partial charge < -0.3 is 5.32 Å². The molecular formula is C14H12Cl2N2O. The van der Waals surface area contributed by atoms with Crippen LogP contribution in [-0.4, -0.2) is 10.9 Å². The molecule has 1 N–H and O–H groups in total. The van der Waals surface area contributed by atoms with E-state index in [1.807, 2.05) is 6.92 Å². The van der Waals surface area contributed by atoms with E-state index in [0.717, 1.165) is 5.56 Å². The van der Waals surface area contributed by atoms with E-state index in [1.54, 1.807) is 37.3 Å². The third-order valence-electron chi connectivity index (χ3n) is 2.72. The first kappa shape index (κ1) is 13.8. The van der Waals surface area contributed by atoms with E-state index in [2.05, 4.69) is 10.3 Å². The summed E-state index contributed by atoms with van der Waals surface area (Å²) in [5.41, 5.74) is 2.73. The SMILES string of the molecule is Cc1cc(C(=O)Nc2ccc(Cl)nc2C)ccc1Cl. The molecule has 2 rings (SSSR count). The maximum Gasteiger partial charge on any atom is 0.255 e. The molecule has 19 heavy (non-hydrogen) atoms. The van der Waals surface area contributed by atoms with Gasteiger partial charge in [-0.2, -0.15) is 0 Å². The van der Waals surface area contributed by atoms with Gasteiger partial charge in [-0.05, 0) is 49.7 Å². The zero-order valence-corrected chi connectivity index (χ0v) is 12.0. The van der Waals surface area contributed by atoms with Crippen LogP contribution in [0.2, 0.25) is 10.2 Å². The van der Waals surface area contributed by atoms with E-state index in [9.17, 15) is 4.79 Å². The second-order valence-corrected chi connectivity index (χ2v) is 4.98. The fraction of sp³-hybridized carbons (Fsp3) is 0.143. The first-order valence-corrected chi connectivity index (χ1v) is 6.43. The van der Waals surface area contributed by atoms with Crippen LogP contribution >= 0.6 is 23.2 Å². The van der Waals surface area contributed by atoms with Crippen LogP contribution in [0.3, 0.4) is 0 Å². The third-order valence-corrected chi connectivity index (χ3v) is 3.35. The molecule has 0 aliphatic rings. The molecule has 0 spiro atoms. The minimum absolute atomic E-state index is 0.202. The number of aryl methyl sites for hydroxylation is 2. The van der Waals surface area contributed by atoms with Gasteiger partial charge in [-0.25, -0.2) is 4.98 Å². The zero-order valence-electron chi connectivity index (χ0n) is 10.5. The summed E-state index contributed by atoms with van der Waals surface area (Å²) >= 11 is 11.7. The summed E-state index contributed by atoms with van der Waals surface area (Å²) in [4.78, 5) is 16.2. The molecule has 0 radical (unpaired) electrons. The van der Waals surface area contributed by atoms with E-state index in [-0.39, 0.29) is 5.91 Å². The maximum atomic E-state index is 12.1. The molecular weight excluding hydrogens is 283 g/mol. The predicted molar refractivity (Wildman–Crippen MR) is 78.1 cm³/mol. The fourth-order valence-corrected chi connectivity index (χ4v) is 1.95. The predicted octanol–water partition coefficient (Wildman–Crippen LogP) is 4.26. The summed E-state index contributed by atoms with van der Waals surface area (Å²) < 4.78 is 0. The minimum atomic E-state index is -0.202. The summed E-state index contributed by atoms with van der Waals surface area (Å²) in [6.07, 6.45) is 0. The van der Waals surface area contributed by atoms with Gasteiger partial charge in [0.1, 0.15) is 5.15 Å². The molecule has 0 atom stereocenters. The average molecular weight is 295 g/mol. The Bertz CT molecular complexity index is 641. The topological polar surface area (TPSA) is 42.0 Å². The van der Waals surface area contributed by atoms with E-state index in [1.165, 1.54) is 0 Å². The third kappa shape index (κ3) is 3.25. The lowest BCUT2D eigenvalue weighted by molar-refractivity contribution is 0.102. The Morgan fingerprint density at radius 2 is 1.89 bits per heavy atom. The first-order valence-electron chi connectivity index (χ1n) is 5.68. The fourth-order valence-electron chi connectivity index (χ4n) is 1.64. The van der Waals surface area contributed by atoms with Crippen molar-refractivity contribution in [1.29, 1.82) is 0 Å². The molecule has 1 amide bonds. The van der Waals surface area contributed by atoms with Gasteiger partial charge >= 0.3 is 0 Å². The molecule has 0 saturated heterocycles. The van der Waals surface area contributed by atoms with Crippen LogP contribution in [0.1, 0.15) is 21.6 Å². The second-order valence-electron chi connectivity index (χ2n) is 4.19. The number of hydrogen-bond donors (Lipinski definition) is 1. The van der Waals surface area contributed by atoms with E-state index in [0.29, 0.717) is 27.1 Å². The number of nitrogens with zero attached hydrogens (tertiary/aromatic N) is 1. The molecule has 1 aromatic heterocycles. The van der Waals surface area contributed by atoms with E-state index >= 15 is 0 Å². The van der Waals surface area contributed by atoms with Crippen LogP contribution in [0, 0.1) is 13.8 Å². The molecule has 0 fully saturated rings. The van der Waals surface area contributed by atoms with Crippen molar-refractivity contribution in [3.05, 3.63) is 57.3 Å². The van der Waals surface area contributed by atoms with Crippen molar-refractivity contribution >= 4 is 34.8 Å². The van der Waals surface area contributed by atoms with Crippen molar-refractivity contribution in [3.63, 3.8) is 0 Å². The van der Waals surface area contributed by atoms with Gasteiger partial charge in [0.05, 0.1) is 11.4 Å². The number of benzene rings is 1. The van der Waals surface area contributed by atoms with Gasteiger partial charge in [-0.15, -0.1) is 0 Å². The van der Waals surface area contributed by atoms with Gasteiger partial charge in [0.15, 0.2) is 0 Å². The lowest BCUT2D eigenvalue weighted by Crippen LogP contribution is -2.13. The highest BCUT2D eigenvalue weighted by atomic mass is 35.5. The number of rotatable bonds is 2. The van der Waals surface area contributed by atoms with Crippen molar-refractivity contribution < 1.29 is 4.79 Å². The maximum absolute atomic E-state index is 12.1. The van der Waals surface area contributed by atoms with Crippen molar-refractivity contribution in [2.24, 2.45) is 0 Å². The molecule has 3 nitrogen and oxygen atoms in total. The van der Waals surface area contributed by atoms with Crippen LogP contribution in [0.15, 0.2) is 30.3 Å². The molecule has 0 bridgehead atoms. The first-order chi connectivity index (χ1) is 8.97. The number of amides is 1. The summed E-state index contributed by atoms with van der Waals surface area (Å²) in [6.45, 7) is 3.64. The van der Waals surface area contributed by atoms with Crippen molar-refractivity contribution in [2.45, 2.75) is 13.8 Å². The van der Waals surface area contributed by atoms with Gasteiger partial charge in [-0.3, -0.25) is 4.79 Å². The number of pyridine rings is 1. The van der Waals surface area contributed by atoms with E-state index < -0.39 is 0 Å². The van der Waals surface area contributed by atoms with Crippen molar-refractivity contribution in [3.8, 4) is 0 Å². The minimum Gasteiger partial charge on any atom is -0.320 e. The summed E-state index contributed by atoms with van der Waals surface area (Å²) in [5.74, 6) is -0.202. The Balaban J connectivity index is 2.23. The van der Waals surface area contributed by atoms with Crippen LogP contribution in [0.25, 0.3) is 0 Å². The Morgan fingerprint density at radius 1 is 1.16 bits per heavy atom. The van der Waals surface area contributed by atoms with Gasteiger partial charge in [-0.1, -0.05) is 23.2 Å². The quantitative estimate of drug-likeness (QED) is 0.841. The largest absolute Gasteiger partial charge is 0.320 e. The molecule has 0 aliphatic heterocycles. The standard InChI is InChI=1S/C14H12Cl2N2O/c1-8-7-10(3-4-11(8)15)14(19)18-12-5-6-13(16)17-9(12)2/h3-7H,1-2H3,(H,18,19). The van der Waals surface area contributed by atoms with Crippen LogP contribution < -0.4 is 5.32 Å². The number of halogens is 2. The lowest BCUT2D eigenvalue weighted by Gasteiger charge is -2.08. The highest BCUT2D eigenvalue weighted by Gasteiger charge is 2.09. The Labute approximate surface area is 121 Å². The van der Waals surface area contributed by atoms with Crippen LogP contribution in [0.5, 0.6) is 0 Å². The summed E-state index contributed by atoms with van der Waals surface area (Å²) in [7, 11) is 0. The van der Waals surface area contributed by atoms with E-state index in [4.69, 9.17) is 23.2 Å².